The maximum Gasteiger partial charge on any atom is 0.123 e. The van der Waals surface area contributed by atoms with Gasteiger partial charge in [-0.05, 0) is 23.3 Å². The van der Waals surface area contributed by atoms with Crippen LogP contribution in [0.1, 0.15) is 11.1 Å². The number of hydrogen-bond donors (Lipinski definition) is 2. The highest BCUT2D eigenvalue weighted by Gasteiger charge is 2.21. The van der Waals surface area contributed by atoms with Crippen LogP contribution in [0.3, 0.4) is 0 Å². The van der Waals surface area contributed by atoms with E-state index < -0.39 is 0 Å². The molecule has 3 rings (SSSR count). The maximum atomic E-state index is 5.86. The second kappa shape index (κ2) is 4.63. The molecule has 0 amide bonds. The quantitative estimate of drug-likeness (QED) is 0.841. The van der Waals surface area contributed by atoms with Crippen LogP contribution in [-0.4, -0.2) is 17.6 Å². The molecule has 0 fully saturated rings. The van der Waals surface area contributed by atoms with Crippen LogP contribution in [-0.2, 0) is 13.0 Å². The molecule has 2 N–H and O–H groups in total. The fourth-order valence-electron chi connectivity index (χ4n) is 2.21. The predicted molar refractivity (Wildman–Crippen MR) is 67.1 cm³/mol. The zero-order valence-electron chi connectivity index (χ0n) is 9.65. The van der Waals surface area contributed by atoms with Gasteiger partial charge in [-0.15, -0.1) is 0 Å². The Bertz CT molecular complexity index is 454. The van der Waals surface area contributed by atoms with E-state index in [-0.39, 0.29) is 6.10 Å². The van der Waals surface area contributed by atoms with Crippen molar-refractivity contribution in [3.63, 3.8) is 0 Å². The monoisotopic (exact) mass is 228 g/mol. The summed E-state index contributed by atoms with van der Waals surface area (Å²) in [5.41, 5.74) is 2.60. The fraction of sp³-hybridized carbons (Fsp3) is 0.286. The molecule has 0 saturated heterocycles. The summed E-state index contributed by atoms with van der Waals surface area (Å²) in [7, 11) is 0. The first-order chi connectivity index (χ1) is 8.42. The van der Waals surface area contributed by atoms with Crippen molar-refractivity contribution >= 4 is 0 Å². The zero-order valence-corrected chi connectivity index (χ0v) is 9.65. The summed E-state index contributed by atoms with van der Waals surface area (Å²) < 4.78 is 5.86. The van der Waals surface area contributed by atoms with Crippen molar-refractivity contribution in [1.29, 1.82) is 0 Å². The highest BCUT2D eigenvalue weighted by atomic mass is 16.5. The van der Waals surface area contributed by atoms with E-state index in [0.717, 1.165) is 25.3 Å². The first-order valence-corrected chi connectivity index (χ1v) is 5.99. The Morgan fingerprint density at radius 3 is 3.06 bits per heavy atom. The van der Waals surface area contributed by atoms with E-state index >= 15 is 0 Å². The standard InChI is InChI=1S/C14H16N2O/c1-2-4-14-12(3-1)7-13(17-14)10-16-9-11-5-6-15-8-11/h1-6,8,13,15-16H,7,9-10H2. The molecule has 1 aromatic carbocycles. The van der Waals surface area contributed by atoms with Crippen molar-refractivity contribution < 1.29 is 4.74 Å². The Morgan fingerprint density at radius 1 is 1.29 bits per heavy atom. The highest BCUT2D eigenvalue weighted by molar-refractivity contribution is 5.37. The molecule has 0 radical (unpaired) electrons. The van der Waals surface area contributed by atoms with Gasteiger partial charge in [0.15, 0.2) is 0 Å². The lowest BCUT2D eigenvalue weighted by atomic mass is 10.1. The van der Waals surface area contributed by atoms with E-state index in [4.69, 9.17) is 4.74 Å². The van der Waals surface area contributed by atoms with Gasteiger partial charge in [0.2, 0.25) is 0 Å². The molecule has 1 aliphatic heterocycles. The molecule has 3 nitrogen and oxygen atoms in total. The molecule has 1 atom stereocenters. The SMILES string of the molecule is c1ccc2c(c1)CC(CNCc1cc[nH]c1)O2. The van der Waals surface area contributed by atoms with Crippen molar-refractivity contribution in [3.05, 3.63) is 53.9 Å². The van der Waals surface area contributed by atoms with Gasteiger partial charge in [-0.2, -0.15) is 0 Å². The Labute approximate surface area is 101 Å². The van der Waals surface area contributed by atoms with Gasteiger partial charge in [0.25, 0.3) is 0 Å². The third-order valence-corrected chi connectivity index (χ3v) is 3.08. The van der Waals surface area contributed by atoms with Crippen molar-refractivity contribution in [1.82, 2.24) is 10.3 Å². The molecule has 0 aliphatic carbocycles. The molecule has 1 unspecified atom stereocenters. The summed E-state index contributed by atoms with van der Waals surface area (Å²) in [6, 6.07) is 10.4. The van der Waals surface area contributed by atoms with E-state index in [2.05, 4.69) is 28.5 Å². The van der Waals surface area contributed by atoms with Crippen molar-refractivity contribution in [3.8, 4) is 5.75 Å². The van der Waals surface area contributed by atoms with Crippen molar-refractivity contribution in [2.45, 2.75) is 19.1 Å². The summed E-state index contributed by atoms with van der Waals surface area (Å²) in [4.78, 5) is 3.05. The largest absolute Gasteiger partial charge is 0.488 e. The Hall–Kier alpha value is -1.74. The molecule has 0 saturated carbocycles. The first-order valence-electron chi connectivity index (χ1n) is 5.99. The van der Waals surface area contributed by atoms with Gasteiger partial charge in [-0.25, -0.2) is 0 Å². The number of fused-ring (bicyclic) bond motifs is 1. The lowest BCUT2D eigenvalue weighted by Gasteiger charge is -2.11. The third kappa shape index (κ3) is 2.34. The van der Waals surface area contributed by atoms with Crippen LogP contribution >= 0.6 is 0 Å². The second-order valence-electron chi connectivity index (χ2n) is 4.40. The molecular weight excluding hydrogens is 212 g/mol. The van der Waals surface area contributed by atoms with Crippen LogP contribution in [0.2, 0.25) is 0 Å². The van der Waals surface area contributed by atoms with Crippen molar-refractivity contribution in [2.75, 3.05) is 6.54 Å². The van der Waals surface area contributed by atoms with Crippen LogP contribution in [0.4, 0.5) is 0 Å². The van der Waals surface area contributed by atoms with Gasteiger partial charge in [0, 0.05) is 31.9 Å². The Morgan fingerprint density at radius 2 is 2.24 bits per heavy atom. The van der Waals surface area contributed by atoms with Gasteiger partial charge in [0.05, 0.1) is 0 Å². The number of aromatic nitrogens is 1. The number of hydrogen-bond acceptors (Lipinski definition) is 2. The molecular formula is C14H16N2O. The van der Waals surface area contributed by atoms with Gasteiger partial charge in [-0.1, -0.05) is 18.2 Å². The van der Waals surface area contributed by atoms with E-state index in [1.54, 1.807) is 0 Å². The average Bonchev–Trinajstić information content (AvgIpc) is 2.96. The lowest BCUT2D eigenvalue weighted by Crippen LogP contribution is -2.29. The number of rotatable bonds is 4. The number of para-hydroxylation sites is 1. The predicted octanol–water partition coefficient (Wildman–Crippen LogP) is 2.11. The molecule has 3 heteroatoms. The van der Waals surface area contributed by atoms with Crippen molar-refractivity contribution in [2.24, 2.45) is 0 Å². The number of H-pyrrole nitrogens is 1. The normalized spacial score (nSPS) is 17.8. The van der Waals surface area contributed by atoms with Gasteiger partial charge >= 0.3 is 0 Å². The summed E-state index contributed by atoms with van der Waals surface area (Å²) in [5, 5.41) is 3.42. The van der Waals surface area contributed by atoms with Gasteiger partial charge in [0.1, 0.15) is 11.9 Å². The second-order valence-corrected chi connectivity index (χ2v) is 4.40. The van der Waals surface area contributed by atoms with E-state index in [1.807, 2.05) is 24.5 Å². The zero-order chi connectivity index (χ0) is 11.5. The van der Waals surface area contributed by atoms with Crippen LogP contribution < -0.4 is 10.1 Å². The topological polar surface area (TPSA) is 37.0 Å². The molecule has 0 spiro atoms. The summed E-state index contributed by atoms with van der Waals surface area (Å²) in [6.45, 7) is 1.78. The summed E-state index contributed by atoms with van der Waals surface area (Å²) in [6.07, 6.45) is 5.23. The summed E-state index contributed by atoms with van der Waals surface area (Å²) in [5.74, 6) is 1.04. The highest BCUT2D eigenvalue weighted by Crippen LogP contribution is 2.27. The molecule has 2 heterocycles. The molecule has 1 aromatic heterocycles. The van der Waals surface area contributed by atoms with Crippen LogP contribution in [0, 0.1) is 0 Å². The average molecular weight is 228 g/mol. The van der Waals surface area contributed by atoms with Gasteiger partial charge < -0.3 is 15.0 Å². The number of aromatic amines is 1. The third-order valence-electron chi connectivity index (χ3n) is 3.08. The molecule has 88 valence electrons. The minimum atomic E-state index is 0.270. The molecule has 0 bridgehead atoms. The van der Waals surface area contributed by atoms with Crippen LogP contribution in [0.5, 0.6) is 5.75 Å². The lowest BCUT2D eigenvalue weighted by molar-refractivity contribution is 0.227. The fourth-order valence-corrected chi connectivity index (χ4v) is 2.21. The molecule has 17 heavy (non-hydrogen) atoms. The molecule has 2 aromatic rings. The van der Waals surface area contributed by atoms with Gasteiger partial charge in [-0.3, -0.25) is 0 Å². The Kier molecular flexibility index (Phi) is 2.84. The molecule has 1 aliphatic rings. The first kappa shape index (κ1) is 10.4. The maximum absolute atomic E-state index is 5.86. The minimum absolute atomic E-state index is 0.270. The number of ether oxygens (including phenoxy) is 1. The number of nitrogens with one attached hydrogen (secondary N) is 2. The van der Waals surface area contributed by atoms with Crippen LogP contribution in [0.25, 0.3) is 0 Å². The Balaban J connectivity index is 1.49. The van der Waals surface area contributed by atoms with E-state index in [1.165, 1.54) is 11.1 Å². The van der Waals surface area contributed by atoms with E-state index in [9.17, 15) is 0 Å². The number of benzene rings is 1. The smallest absolute Gasteiger partial charge is 0.123 e. The van der Waals surface area contributed by atoms with Crippen LogP contribution in [0.15, 0.2) is 42.7 Å². The minimum Gasteiger partial charge on any atom is -0.488 e. The summed E-state index contributed by atoms with van der Waals surface area (Å²) >= 11 is 0. The van der Waals surface area contributed by atoms with E-state index in [0.29, 0.717) is 0 Å².